The van der Waals surface area contributed by atoms with Gasteiger partial charge in [0, 0.05) is 11.8 Å². The molecular formula is C12H22Cl2. The zero-order valence-electron chi connectivity index (χ0n) is 9.52. The van der Waals surface area contributed by atoms with Gasteiger partial charge in [0.15, 0.2) is 0 Å². The maximum absolute atomic E-state index is 5.96. The fourth-order valence-electron chi connectivity index (χ4n) is 3.07. The third-order valence-corrected chi connectivity index (χ3v) is 4.28. The minimum atomic E-state index is 0.485. The van der Waals surface area contributed by atoms with E-state index < -0.39 is 0 Å². The molecule has 0 nitrogen and oxygen atoms in total. The summed E-state index contributed by atoms with van der Waals surface area (Å²) in [6.45, 7) is 7.10. The Labute approximate surface area is 98.4 Å². The largest absolute Gasteiger partial charge is 0.126 e. The van der Waals surface area contributed by atoms with Crippen molar-refractivity contribution in [2.24, 2.45) is 23.2 Å². The lowest BCUT2D eigenvalue weighted by molar-refractivity contribution is 0.107. The first-order valence-corrected chi connectivity index (χ1v) is 6.67. The van der Waals surface area contributed by atoms with Gasteiger partial charge in [0.05, 0.1) is 0 Å². The summed E-state index contributed by atoms with van der Waals surface area (Å²) >= 11 is 11.9. The summed E-state index contributed by atoms with van der Waals surface area (Å²) in [5.74, 6) is 3.52. The van der Waals surface area contributed by atoms with E-state index in [1.807, 2.05) is 0 Å². The van der Waals surface area contributed by atoms with Gasteiger partial charge in [-0.05, 0) is 42.4 Å². The summed E-state index contributed by atoms with van der Waals surface area (Å²) < 4.78 is 0. The number of halogens is 2. The van der Waals surface area contributed by atoms with Crippen LogP contribution in [0.2, 0.25) is 0 Å². The molecule has 0 bridgehead atoms. The Morgan fingerprint density at radius 3 is 2.21 bits per heavy atom. The SMILES string of the molecule is CC1CC(C(CCl)CCl)CC(C)(C)C1. The molecule has 1 rings (SSSR count). The smallest absolute Gasteiger partial charge is 0.0265 e. The Morgan fingerprint density at radius 2 is 1.79 bits per heavy atom. The van der Waals surface area contributed by atoms with E-state index in [1.165, 1.54) is 19.3 Å². The van der Waals surface area contributed by atoms with Crippen LogP contribution in [0, 0.1) is 23.2 Å². The lowest BCUT2D eigenvalue weighted by atomic mass is 9.65. The summed E-state index contributed by atoms with van der Waals surface area (Å²) in [6.07, 6.45) is 3.95. The fourth-order valence-corrected chi connectivity index (χ4v) is 3.91. The van der Waals surface area contributed by atoms with Gasteiger partial charge in [-0.15, -0.1) is 23.2 Å². The Kier molecular flexibility index (Phi) is 4.58. The zero-order chi connectivity index (χ0) is 10.8. The molecule has 0 amide bonds. The van der Waals surface area contributed by atoms with Gasteiger partial charge in [0.25, 0.3) is 0 Å². The van der Waals surface area contributed by atoms with Gasteiger partial charge in [-0.3, -0.25) is 0 Å². The molecule has 0 aromatic carbocycles. The monoisotopic (exact) mass is 236 g/mol. The van der Waals surface area contributed by atoms with Crippen LogP contribution in [-0.4, -0.2) is 11.8 Å². The highest BCUT2D eigenvalue weighted by molar-refractivity contribution is 6.20. The Hall–Kier alpha value is 0.580. The second-order valence-electron chi connectivity index (χ2n) is 5.74. The highest BCUT2D eigenvalue weighted by Gasteiger charge is 2.35. The van der Waals surface area contributed by atoms with Crippen LogP contribution in [0.5, 0.6) is 0 Å². The van der Waals surface area contributed by atoms with Crippen molar-refractivity contribution in [3.05, 3.63) is 0 Å². The second kappa shape index (κ2) is 5.07. The van der Waals surface area contributed by atoms with Crippen LogP contribution >= 0.6 is 23.2 Å². The summed E-state index contributed by atoms with van der Waals surface area (Å²) in [7, 11) is 0. The van der Waals surface area contributed by atoms with E-state index in [4.69, 9.17) is 23.2 Å². The molecule has 0 aliphatic heterocycles. The van der Waals surface area contributed by atoms with Crippen LogP contribution in [-0.2, 0) is 0 Å². The van der Waals surface area contributed by atoms with Crippen LogP contribution in [0.3, 0.4) is 0 Å². The molecule has 84 valence electrons. The van der Waals surface area contributed by atoms with Crippen molar-refractivity contribution in [3.8, 4) is 0 Å². The molecule has 1 aliphatic rings. The van der Waals surface area contributed by atoms with E-state index in [-0.39, 0.29) is 0 Å². The fraction of sp³-hybridized carbons (Fsp3) is 1.00. The molecule has 0 radical (unpaired) electrons. The van der Waals surface area contributed by atoms with E-state index >= 15 is 0 Å². The first kappa shape index (κ1) is 12.6. The van der Waals surface area contributed by atoms with E-state index in [0.29, 0.717) is 11.3 Å². The minimum Gasteiger partial charge on any atom is -0.126 e. The summed E-state index contributed by atoms with van der Waals surface area (Å²) in [4.78, 5) is 0. The molecule has 2 atom stereocenters. The molecule has 1 saturated carbocycles. The first-order valence-electron chi connectivity index (χ1n) is 5.60. The summed E-state index contributed by atoms with van der Waals surface area (Å²) in [6, 6.07) is 0. The standard InChI is InChI=1S/C12H22Cl2/c1-9-4-10(11(7-13)8-14)6-12(2,3)5-9/h9-11H,4-8H2,1-3H3. The quantitative estimate of drug-likeness (QED) is 0.632. The molecule has 14 heavy (non-hydrogen) atoms. The second-order valence-corrected chi connectivity index (χ2v) is 6.36. The van der Waals surface area contributed by atoms with Crippen molar-refractivity contribution in [1.29, 1.82) is 0 Å². The molecule has 0 heterocycles. The molecule has 0 spiro atoms. The van der Waals surface area contributed by atoms with E-state index in [2.05, 4.69) is 20.8 Å². The maximum atomic E-state index is 5.96. The predicted molar refractivity (Wildman–Crippen MR) is 65.2 cm³/mol. The van der Waals surface area contributed by atoms with Crippen molar-refractivity contribution >= 4 is 23.2 Å². The highest BCUT2D eigenvalue weighted by atomic mass is 35.5. The molecule has 1 aliphatic carbocycles. The van der Waals surface area contributed by atoms with Crippen LogP contribution < -0.4 is 0 Å². The van der Waals surface area contributed by atoms with Crippen LogP contribution in [0.15, 0.2) is 0 Å². The van der Waals surface area contributed by atoms with E-state index in [9.17, 15) is 0 Å². The molecule has 1 fully saturated rings. The number of rotatable bonds is 3. The zero-order valence-corrected chi connectivity index (χ0v) is 11.0. The average Bonchev–Trinajstić information content (AvgIpc) is 2.02. The van der Waals surface area contributed by atoms with Gasteiger partial charge in [-0.2, -0.15) is 0 Å². The van der Waals surface area contributed by atoms with Crippen LogP contribution in [0.1, 0.15) is 40.0 Å². The van der Waals surface area contributed by atoms with Crippen molar-refractivity contribution in [1.82, 2.24) is 0 Å². The topological polar surface area (TPSA) is 0 Å². The van der Waals surface area contributed by atoms with Crippen molar-refractivity contribution in [3.63, 3.8) is 0 Å². The summed E-state index contributed by atoms with van der Waals surface area (Å²) in [5.41, 5.74) is 0.485. The van der Waals surface area contributed by atoms with Crippen LogP contribution in [0.25, 0.3) is 0 Å². The van der Waals surface area contributed by atoms with Gasteiger partial charge < -0.3 is 0 Å². The van der Waals surface area contributed by atoms with Crippen molar-refractivity contribution < 1.29 is 0 Å². The molecule has 0 aromatic heterocycles. The minimum absolute atomic E-state index is 0.485. The molecule has 0 saturated heterocycles. The summed E-state index contributed by atoms with van der Waals surface area (Å²) in [5, 5.41) is 0. The molecule has 2 heteroatoms. The highest BCUT2D eigenvalue weighted by Crippen LogP contribution is 2.44. The Bertz CT molecular complexity index is 173. The van der Waals surface area contributed by atoms with Gasteiger partial charge in [-0.1, -0.05) is 20.8 Å². The molecule has 2 unspecified atom stereocenters. The van der Waals surface area contributed by atoms with Gasteiger partial charge in [-0.25, -0.2) is 0 Å². The van der Waals surface area contributed by atoms with Crippen LogP contribution in [0.4, 0.5) is 0 Å². The van der Waals surface area contributed by atoms with Gasteiger partial charge >= 0.3 is 0 Å². The third kappa shape index (κ3) is 3.31. The molecular weight excluding hydrogens is 215 g/mol. The molecule has 0 aromatic rings. The number of hydrogen-bond donors (Lipinski definition) is 0. The van der Waals surface area contributed by atoms with E-state index in [1.54, 1.807) is 0 Å². The lowest BCUT2D eigenvalue weighted by Crippen LogP contribution is -2.33. The van der Waals surface area contributed by atoms with Gasteiger partial charge in [0.2, 0.25) is 0 Å². The van der Waals surface area contributed by atoms with E-state index in [0.717, 1.165) is 23.6 Å². The first-order chi connectivity index (χ1) is 6.48. The van der Waals surface area contributed by atoms with Crippen molar-refractivity contribution in [2.75, 3.05) is 11.8 Å². The third-order valence-electron chi connectivity index (χ3n) is 3.48. The number of hydrogen-bond acceptors (Lipinski definition) is 0. The number of alkyl halides is 2. The molecule has 0 N–H and O–H groups in total. The van der Waals surface area contributed by atoms with Gasteiger partial charge in [0.1, 0.15) is 0 Å². The Balaban J connectivity index is 2.61. The normalized spacial score (nSPS) is 32.1. The maximum Gasteiger partial charge on any atom is 0.0265 e. The predicted octanol–water partition coefficient (Wildman–Crippen LogP) is 4.54. The Morgan fingerprint density at radius 1 is 1.21 bits per heavy atom. The average molecular weight is 237 g/mol. The van der Waals surface area contributed by atoms with Crippen molar-refractivity contribution in [2.45, 2.75) is 40.0 Å². The lowest BCUT2D eigenvalue weighted by Gasteiger charge is -2.41.